The summed E-state index contributed by atoms with van der Waals surface area (Å²) in [6.45, 7) is 0. The number of benzene rings is 1. The highest BCUT2D eigenvalue weighted by atomic mass is 79.9. The third-order valence-corrected chi connectivity index (χ3v) is 3.15. The molecule has 0 aliphatic rings. The molecule has 0 atom stereocenters. The Bertz CT molecular complexity index is 654. The summed E-state index contributed by atoms with van der Waals surface area (Å²) in [7, 11) is 0. The first-order valence-electron chi connectivity index (χ1n) is 6.07. The van der Waals surface area contributed by atoms with Crippen LogP contribution in [0.25, 0.3) is 0 Å². The molecule has 2 rings (SSSR count). The van der Waals surface area contributed by atoms with Gasteiger partial charge in [-0.1, -0.05) is 17.3 Å². The maximum atomic E-state index is 12.0. The molecule has 0 aliphatic heterocycles. The third kappa shape index (κ3) is 4.28. The van der Waals surface area contributed by atoms with Crippen molar-refractivity contribution in [2.75, 3.05) is 5.32 Å². The van der Waals surface area contributed by atoms with Crippen LogP contribution < -0.4 is 11.1 Å². The van der Waals surface area contributed by atoms with Gasteiger partial charge in [-0.3, -0.25) is 4.79 Å². The molecule has 0 saturated carbocycles. The van der Waals surface area contributed by atoms with Gasteiger partial charge in [0.1, 0.15) is 11.5 Å². The SMILES string of the molecule is NC(Cc1ccc(NC(=O)c2ccc(Br)cn2)cc1)=NO. The van der Waals surface area contributed by atoms with Gasteiger partial charge in [0.15, 0.2) is 0 Å². The molecule has 0 saturated heterocycles. The Hall–Kier alpha value is -2.41. The average molecular weight is 349 g/mol. The van der Waals surface area contributed by atoms with Crippen molar-refractivity contribution in [3.8, 4) is 0 Å². The Kier molecular flexibility index (Phi) is 4.89. The summed E-state index contributed by atoms with van der Waals surface area (Å²) < 4.78 is 0.812. The molecule has 7 heteroatoms. The number of nitrogens with two attached hydrogens (primary N) is 1. The molecule has 0 aliphatic carbocycles. The van der Waals surface area contributed by atoms with Gasteiger partial charge in [0.25, 0.3) is 5.91 Å². The number of hydrogen-bond acceptors (Lipinski definition) is 4. The monoisotopic (exact) mass is 348 g/mol. The van der Waals surface area contributed by atoms with Crippen molar-refractivity contribution >= 4 is 33.4 Å². The quantitative estimate of drug-likeness (QED) is 0.341. The molecule has 0 radical (unpaired) electrons. The first-order valence-corrected chi connectivity index (χ1v) is 6.86. The van der Waals surface area contributed by atoms with Crippen molar-refractivity contribution in [2.45, 2.75) is 6.42 Å². The van der Waals surface area contributed by atoms with E-state index in [4.69, 9.17) is 10.9 Å². The van der Waals surface area contributed by atoms with Crippen molar-refractivity contribution in [2.24, 2.45) is 10.9 Å². The van der Waals surface area contributed by atoms with Crippen LogP contribution in [0, 0.1) is 0 Å². The Balaban J connectivity index is 2.03. The number of hydrogen-bond donors (Lipinski definition) is 3. The van der Waals surface area contributed by atoms with E-state index >= 15 is 0 Å². The Morgan fingerprint density at radius 2 is 2.00 bits per heavy atom. The maximum absolute atomic E-state index is 12.0. The second kappa shape index (κ2) is 6.85. The van der Waals surface area contributed by atoms with Crippen molar-refractivity contribution < 1.29 is 10.0 Å². The van der Waals surface area contributed by atoms with E-state index < -0.39 is 0 Å². The molecule has 0 unspecified atom stereocenters. The fourth-order valence-electron chi connectivity index (χ4n) is 1.66. The number of amidine groups is 1. The van der Waals surface area contributed by atoms with Crippen LogP contribution >= 0.6 is 15.9 Å². The minimum atomic E-state index is -0.285. The zero-order valence-corrected chi connectivity index (χ0v) is 12.5. The fraction of sp³-hybridized carbons (Fsp3) is 0.0714. The lowest BCUT2D eigenvalue weighted by Crippen LogP contribution is -2.15. The second-order valence-electron chi connectivity index (χ2n) is 4.28. The van der Waals surface area contributed by atoms with Crippen LogP contribution in [0.3, 0.4) is 0 Å². The Morgan fingerprint density at radius 3 is 2.57 bits per heavy atom. The van der Waals surface area contributed by atoms with Crippen LogP contribution in [-0.4, -0.2) is 21.9 Å². The summed E-state index contributed by atoms with van der Waals surface area (Å²) in [5.41, 5.74) is 7.29. The summed E-state index contributed by atoms with van der Waals surface area (Å²) in [6.07, 6.45) is 1.91. The minimum Gasteiger partial charge on any atom is -0.409 e. The molecule has 0 bridgehead atoms. The number of aromatic nitrogens is 1. The zero-order valence-electron chi connectivity index (χ0n) is 11.0. The number of anilines is 1. The van der Waals surface area contributed by atoms with Gasteiger partial charge in [-0.2, -0.15) is 0 Å². The normalized spacial score (nSPS) is 11.2. The molecule has 6 nitrogen and oxygen atoms in total. The molecule has 0 spiro atoms. The number of nitrogens with zero attached hydrogens (tertiary/aromatic N) is 2. The smallest absolute Gasteiger partial charge is 0.274 e. The third-order valence-electron chi connectivity index (χ3n) is 2.69. The van der Waals surface area contributed by atoms with Crippen LogP contribution in [0.2, 0.25) is 0 Å². The molecule has 21 heavy (non-hydrogen) atoms. The molecule has 1 aromatic carbocycles. The molecule has 0 fully saturated rings. The summed E-state index contributed by atoms with van der Waals surface area (Å²) in [4.78, 5) is 16.0. The van der Waals surface area contributed by atoms with Gasteiger partial charge in [-0.25, -0.2) is 4.98 Å². The van der Waals surface area contributed by atoms with Crippen LogP contribution in [0.4, 0.5) is 5.69 Å². The maximum Gasteiger partial charge on any atom is 0.274 e. The highest BCUT2D eigenvalue weighted by Gasteiger charge is 2.07. The number of carbonyl (C=O) groups excluding carboxylic acids is 1. The Labute approximate surface area is 129 Å². The van der Waals surface area contributed by atoms with E-state index in [9.17, 15) is 4.79 Å². The first-order chi connectivity index (χ1) is 10.1. The molecule has 4 N–H and O–H groups in total. The van der Waals surface area contributed by atoms with Crippen molar-refractivity contribution in [1.82, 2.24) is 4.98 Å². The van der Waals surface area contributed by atoms with E-state index in [1.807, 2.05) is 0 Å². The number of carbonyl (C=O) groups is 1. The Morgan fingerprint density at radius 1 is 1.29 bits per heavy atom. The summed E-state index contributed by atoms with van der Waals surface area (Å²) in [6, 6.07) is 10.5. The summed E-state index contributed by atoms with van der Waals surface area (Å²) >= 11 is 3.26. The van der Waals surface area contributed by atoms with Crippen molar-refractivity contribution in [3.63, 3.8) is 0 Å². The number of oxime groups is 1. The van der Waals surface area contributed by atoms with Crippen molar-refractivity contribution in [3.05, 3.63) is 58.3 Å². The van der Waals surface area contributed by atoms with E-state index in [1.165, 1.54) is 0 Å². The molecular weight excluding hydrogens is 336 g/mol. The average Bonchev–Trinajstić information content (AvgIpc) is 2.49. The van der Waals surface area contributed by atoms with Gasteiger partial charge in [-0.05, 0) is 45.8 Å². The lowest BCUT2D eigenvalue weighted by atomic mass is 10.1. The fourth-order valence-corrected chi connectivity index (χ4v) is 1.89. The van der Waals surface area contributed by atoms with Crippen molar-refractivity contribution in [1.29, 1.82) is 0 Å². The molecular formula is C14H13BrN4O2. The number of rotatable bonds is 4. The van der Waals surface area contributed by atoms with Gasteiger partial charge < -0.3 is 16.3 Å². The number of halogens is 1. The largest absolute Gasteiger partial charge is 0.409 e. The van der Waals surface area contributed by atoms with Crippen LogP contribution in [0.15, 0.2) is 52.2 Å². The summed E-state index contributed by atoms with van der Waals surface area (Å²) in [5, 5.41) is 14.2. The van der Waals surface area contributed by atoms with E-state index in [0.717, 1.165) is 10.0 Å². The van der Waals surface area contributed by atoms with Gasteiger partial charge in [0.05, 0.1) is 0 Å². The summed E-state index contributed by atoms with van der Waals surface area (Å²) in [5.74, 6) is -0.155. The topological polar surface area (TPSA) is 101 Å². The molecule has 1 amide bonds. The minimum absolute atomic E-state index is 0.130. The van der Waals surface area contributed by atoms with Crippen LogP contribution in [0.1, 0.15) is 16.1 Å². The predicted molar refractivity (Wildman–Crippen MR) is 83.4 cm³/mol. The van der Waals surface area contributed by atoms with E-state index in [-0.39, 0.29) is 11.7 Å². The van der Waals surface area contributed by atoms with Gasteiger partial charge in [0.2, 0.25) is 0 Å². The van der Waals surface area contributed by atoms with Crippen LogP contribution in [0.5, 0.6) is 0 Å². The first kappa shape index (κ1) is 15.0. The molecule has 108 valence electrons. The standard InChI is InChI=1S/C14H13BrN4O2/c15-10-3-6-12(17-8-10)14(20)18-11-4-1-9(2-5-11)7-13(16)19-21/h1-6,8,21H,7H2,(H2,16,19)(H,18,20). The van der Waals surface area contributed by atoms with E-state index in [1.54, 1.807) is 42.6 Å². The predicted octanol–water partition coefficient (Wildman–Crippen LogP) is 2.39. The lowest BCUT2D eigenvalue weighted by Gasteiger charge is -2.06. The van der Waals surface area contributed by atoms with Gasteiger partial charge >= 0.3 is 0 Å². The van der Waals surface area contributed by atoms with Gasteiger partial charge in [-0.15, -0.1) is 0 Å². The lowest BCUT2D eigenvalue weighted by molar-refractivity contribution is 0.102. The number of amides is 1. The van der Waals surface area contributed by atoms with Crippen LogP contribution in [-0.2, 0) is 6.42 Å². The molecule has 2 aromatic rings. The number of pyridine rings is 1. The highest BCUT2D eigenvalue weighted by molar-refractivity contribution is 9.10. The number of nitrogens with one attached hydrogen (secondary N) is 1. The second-order valence-corrected chi connectivity index (χ2v) is 5.20. The van der Waals surface area contributed by atoms with E-state index in [2.05, 4.69) is 31.4 Å². The van der Waals surface area contributed by atoms with Gasteiger partial charge in [0, 0.05) is 22.8 Å². The zero-order chi connectivity index (χ0) is 15.2. The molecule has 1 aromatic heterocycles. The van der Waals surface area contributed by atoms with E-state index in [0.29, 0.717) is 17.8 Å². The molecule has 1 heterocycles. The highest BCUT2D eigenvalue weighted by Crippen LogP contribution is 2.12.